The highest BCUT2D eigenvalue weighted by Gasteiger charge is 2.49. The highest BCUT2D eigenvalue weighted by Crippen LogP contribution is 2.19. The number of hydrogen-bond acceptors (Lipinski definition) is 8. The topological polar surface area (TPSA) is 92.8 Å². The van der Waals surface area contributed by atoms with Crippen LogP contribution in [0.4, 0.5) is 0 Å². The fourth-order valence-electron chi connectivity index (χ4n) is 1.74. The Morgan fingerprint density at radius 2 is 1.54 bits per heavy atom. The summed E-state index contributed by atoms with van der Waals surface area (Å²) in [7, 11) is 1.51. The van der Waals surface area contributed by atoms with E-state index in [0.717, 1.165) is 0 Å². The Balaban J connectivity index is 0.000000531. The van der Waals surface area contributed by atoms with Gasteiger partial charge in [0.1, 0.15) is 12.7 Å². The Morgan fingerprint density at radius 1 is 1.08 bits per heavy atom. The molecular weight excluding hydrogens is 360 g/mol. The molecule has 1 saturated heterocycles. The summed E-state index contributed by atoms with van der Waals surface area (Å²) in [5.74, 6) is -0.801. The number of hydrogen-bond donors (Lipinski definition) is 0. The number of ether oxygens (including phenoxy) is 3. The van der Waals surface area contributed by atoms with Crippen molar-refractivity contribution in [3.63, 3.8) is 0 Å². The first-order valence-corrected chi connectivity index (χ1v) is 9.93. The van der Waals surface area contributed by atoms with Crippen molar-refractivity contribution >= 4 is 20.7 Å². The van der Waals surface area contributed by atoms with E-state index in [1.54, 1.807) is 13.8 Å². The van der Waals surface area contributed by atoms with Crippen LogP contribution in [0.5, 0.6) is 0 Å². The smallest absolute Gasteiger partial charge is 0.459 e. The molecule has 0 aromatic carbocycles. The Labute approximate surface area is 156 Å². The lowest BCUT2D eigenvalue weighted by atomic mass is 10.4. The van der Waals surface area contributed by atoms with Gasteiger partial charge in [-0.15, -0.1) is 0 Å². The van der Waals surface area contributed by atoms with E-state index in [0.29, 0.717) is 30.8 Å². The van der Waals surface area contributed by atoms with Crippen LogP contribution in [0.1, 0.15) is 27.2 Å². The minimum Gasteiger partial charge on any atom is -0.459 e. The van der Waals surface area contributed by atoms with Crippen LogP contribution in [0.15, 0.2) is 24.3 Å². The second-order valence-electron chi connectivity index (χ2n) is 5.63. The van der Waals surface area contributed by atoms with Gasteiger partial charge in [-0.3, -0.25) is 0 Å². The molecule has 0 bridgehead atoms. The maximum absolute atomic E-state index is 11.4. The molecule has 9 heteroatoms. The molecule has 0 saturated carbocycles. The zero-order valence-electron chi connectivity index (χ0n) is 16.5. The van der Waals surface area contributed by atoms with E-state index in [1.807, 2.05) is 6.92 Å². The predicted molar refractivity (Wildman–Crippen MR) is 97.3 cm³/mol. The molecular formula is C17H30O8Si. The molecule has 1 fully saturated rings. The number of esters is 2. The minimum atomic E-state index is -2.94. The molecule has 0 aromatic heterocycles. The van der Waals surface area contributed by atoms with Crippen LogP contribution in [0.25, 0.3) is 0 Å². The summed E-state index contributed by atoms with van der Waals surface area (Å²) >= 11 is 0. The molecule has 0 amide bonds. The van der Waals surface area contributed by atoms with Crippen molar-refractivity contribution in [2.45, 2.75) is 39.0 Å². The highest BCUT2D eigenvalue weighted by atomic mass is 28.4. The largest absolute Gasteiger partial charge is 0.543 e. The van der Waals surface area contributed by atoms with Gasteiger partial charge in [-0.2, -0.15) is 0 Å². The standard InChI is InChI=1S/C10H20O5Si.C7H10O3/c1-7-9(15-10(11)8(2)3)16(12-4,13-5)14-6;1-5(2)7(8)10-4-6-3-9-6/h9H,2,7H2,1,3-6H3;6H,1,3-4H2,2H3. The van der Waals surface area contributed by atoms with Crippen molar-refractivity contribution in [1.82, 2.24) is 0 Å². The van der Waals surface area contributed by atoms with Crippen LogP contribution in [0.3, 0.4) is 0 Å². The quantitative estimate of drug-likeness (QED) is 0.241. The third kappa shape index (κ3) is 8.24. The summed E-state index contributed by atoms with van der Waals surface area (Å²) in [6.45, 7) is 13.1. The molecule has 0 aromatic rings. The van der Waals surface area contributed by atoms with Crippen molar-refractivity contribution in [2.24, 2.45) is 0 Å². The van der Waals surface area contributed by atoms with E-state index in [9.17, 15) is 9.59 Å². The second-order valence-corrected chi connectivity index (χ2v) is 8.71. The number of epoxide rings is 1. The summed E-state index contributed by atoms with van der Waals surface area (Å²) in [5, 5.41) is 0. The molecule has 0 radical (unpaired) electrons. The van der Waals surface area contributed by atoms with Gasteiger partial charge in [0.25, 0.3) is 0 Å². The molecule has 26 heavy (non-hydrogen) atoms. The van der Waals surface area contributed by atoms with Crippen LogP contribution in [-0.2, 0) is 37.1 Å². The van der Waals surface area contributed by atoms with E-state index in [1.165, 1.54) is 21.3 Å². The van der Waals surface area contributed by atoms with Gasteiger partial charge in [0.05, 0.1) is 6.61 Å². The predicted octanol–water partition coefficient (Wildman–Crippen LogP) is 1.81. The Morgan fingerprint density at radius 3 is 1.85 bits per heavy atom. The highest BCUT2D eigenvalue weighted by molar-refractivity contribution is 6.62. The third-order valence-corrected chi connectivity index (χ3v) is 6.39. The lowest BCUT2D eigenvalue weighted by molar-refractivity contribution is -0.144. The molecule has 0 N–H and O–H groups in total. The number of carbonyl (C=O) groups is 2. The van der Waals surface area contributed by atoms with Crippen molar-refractivity contribution in [2.75, 3.05) is 34.5 Å². The Kier molecular flexibility index (Phi) is 11.3. The summed E-state index contributed by atoms with van der Waals surface area (Å²) in [4.78, 5) is 22.1. The molecule has 0 aliphatic carbocycles. The summed E-state index contributed by atoms with van der Waals surface area (Å²) < 4.78 is 30.6. The fourth-order valence-corrected chi connectivity index (χ4v) is 3.78. The van der Waals surface area contributed by atoms with Gasteiger partial charge in [-0.1, -0.05) is 20.1 Å². The first-order valence-electron chi connectivity index (χ1n) is 8.13. The SMILES string of the molecule is C=C(C)C(=O)OC(CC)[Si](OC)(OC)OC.C=C(C)C(=O)OCC1CO1. The molecule has 0 spiro atoms. The molecule has 1 aliphatic rings. The minimum absolute atomic E-state index is 0.142. The molecule has 2 unspecified atom stereocenters. The van der Waals surface area contributed by atoms with E-state index in [4.69, 9.17) is 27.5 Å². The first kappa shape index (κ1) is 24.5. The van der Waals surface area contributed by atoms with Gasteiger partial charge in [0.2, 0.25) is 0 Å². The maximum Gasteiger partial charge on any atom is 0.543 e. The van der Waals surface area contributed by atoms with Gasteiger partial charge in [0, 0.05) is 32.5 Å². The van der Waals surface area contributed by atoms with E-state index >= 15 is 0 Å². The number of carbonyl (C=O) groups excluding carboxylic acids is 2. The monoisotopic (exact) mass is 390 g/mol. The zero-order chi connectivity index (χ0) is 20.3. The average molecular weight is 391 g/mol. The van der Waals surface area contributed by atoms with Gasteiger partial charge >= 0.3 is 20.7 Å². The molecule has 8 nitrogen and oxygen atoms in total. The van der Waals surface area contributed by atoms with Crippen LogP contribution in [0.2, 0.25) is 0 Å². The van der Waals surface area contributed by atoms with Crippen molar-refractivity contribution in [3.8, 4) is 0 Å². The molecule has 2 atom stereocenters. The summed E-state index contributed by atoms with van der Waals surface area (Å²) in [6.07, 6.45) is 0.698. The van der Waals surface area contributed by atoms with E-state index in [-0.39, 0.29) is 12.1 Å². The summed E-state index contributed by atoms with van der Waals surface area (Å²) in [6, 6.07) is 0. The van der Waals surface area contributed by atoms with Gasteiger partial charge < -0.3 is 27.5 Å². The third-order valence-electron chi connectivity index (χ3n) is 3.37. The Bertz CT molecular complexity index is 489. The lowest BCUT2D eigenvalue weighted by Crippen LogP contribution is -2.56. The van der Waals surface area contributed by atoms with Crippen molar-refractivity contribution < 1.29 is 37.1 Å². The molecule has 1 aliphatic heterocycles. The lowest BCUT2D eigenvalue weighted by Gasteiger charge is -2.31. The second kappa shape index (κ2) is 12.0. The van der Waals surface area contributed by atoms with Crippen LogP contribution in [0, 0.1) is 0 Å². The van der Waals surface area contributed by atoms with Crippen LogP contribution in [-0.4, -0.2) is 67.1 Å². The van der Waals surface area contributed by atoms with E-state index < -0.39 is 20.5 Å². The van der Waals surface area contributed by atoms with Gasteiger partial charge in [-0.05, 0) is 20.3 Å². The van der Waals surface area contributed by atoms with Gasteiger partial charge in [-0.25, -0.2) is 9.59 Å². The van der Waals surface area contributed by atoms with Crippen LogP contribution < -0.4 is 0 Å². The maximum atomic E-state index is 11.4. The van der Waals surface area contributed by atoms with Crippen LogP contribution >= 0.6 is 0 Å². The Hall–Kier alpha value is -1.52. The molecule has 1 rings (SSSR count). The molecule has 150 valence electrons. The van der Waals surface area contributed by atoms with Crippen molar-refractivity contribution in [3.05, 3.63) is 24.3 Å². The van der Waals surface area contributed by atoms with E-state index in [2.05, 4.69) is 13.2 Å². The van der Waals surface area contributed by atoms with Gasteiger partial charge in [0.15, 0.2) is 5.73 Å². The molecule has 1 heterocycles. The normalized spacial score (nSPS) is 16.6. The summed E-state index contributed by atoms with van der Waals surface area (Å²) in [5.41, 5.74) is 0.252. The zero-order valence-corrected chi connectivity index (χ0v) is 17.5. The average Bonchev–Trinajstić information content (AvgIpc) is 3.45. The fraction of sp³-hybridized carbons (Fsp3) is 0.647. The van der Waals surface area contributed by atoms with Crippen molar-refractivity contribution in [1.29, 1.82) is 0 Å². The first-order chi connectivity index (χ1) is 12.2. The number of rotatable bonds is 10.